The first kappa shape index (κ1) is 17.9. The minimum absolute atomic E-state index is 0.117. The van der Waals surface area contributed by atoms with Gasteiger partial charge in [0.05, 0.1) is 17.4 Å². The lowest BCUT2D eigenvalue weighted by molar-refractivity contribution is -0.125. The summed E-state index contributed by atoms with van der Waals surface area (Å²) in [5, 5.41) is 17.3. The van der Waals surface area contributed by atoms with Crippen molar-refractivity contribution in [2.24, 2.45) is 11.8 Å². The molecular weight excluding hydrogens is 354 g/mol. The molecular formula is C21H29N5O2. The van der Waals surface area contributed by atoms with Gasteiger partial charge in [-0.15, -0.1) is 0 Å². The van der Waals surface area contributed by atoms with Crippen LogP contribution in [-0.4, -0.2) is 58.1 Å². The standard InChI is InChI=1S/C21H29N5O2/c27-20-6-8-25(21(28)23-20)19-12-22-26-9-5-16(11-18(19)26)10-17-4-7-24(14-17)13-15-2-1-3-15/h5,9,11-12,15,17,21,28H,1-4,6-8,10,13-14H2,(H,23,27). The van der Waals surface area contributed by atoms with Crippen molar-refractivity contribution >= 4 is 17.1 Å². The molecule has 7 heteroatoms. The molecule has 1 saturated carbocycles. The van der Waals surface area contributed by atoms with Crippen molar-refractivity contribution in [2.45, 2.75) is 44.9 Å². The zero-order valence-electron chi connectivity index (χ0n) is 16.3. The van der Waals surface area contributed by atoms with Gasteiger partial charge >= 0.3 is 0 Å². The number of nitrogens with one attached hydrogen (secondary N) is 1. The number of aromatic nitrogens is 2. The quantitative estimate of drug-likeness (QED) is 0.821. The molecule has 0 bridgehead atoms. The number of anilines is 1. The van der Waals surface area contributed by atoms with Crippen molar-refractivity contribution < 1.29 is 9.90 Å². The average molecular weight is 383 g/mol. The van der Waals surface area contributed by atoms with Gasteiger partial charge in [0.25, 0.3) is 0 Å². The number of pyridine rings is 1. The summed E-state index contributed by atoms with van der Waals surface area (Å²) in [6.45, 7) is 4.24. The van der Waals surface area contributed by atoms with E-state index in [1.165, 1.54) is 50.9 Å². The number of hydrogen-bond donors (Lipinski definition) is 2. The van der Waals surface area contributed by atoms with Crippen LogP contribution < -0.4 is 10.2 Å². The number of fused-ring (bicyclic) bond motifs is 1. The molecule has 3 fully saturated rings. The number of carbonyl (C=O) groups is 1. The van der Waals surface area contributed by atoms with Gasteiger partial charge in [-0.3, -0.25) is 4.79 Å². The van der Waals surface area contributed by atoms with Gasteiger partial charge in [-0.2, -0.15) is 5.10 Å². The molecule has 7 nitrogen and oxygen atoms in total. The van der Waals surface area contributed by atoms with E-state index in [1.807, 2.05) is 15.6 Å². The molecule has 2 aliphatic heterocycles. The maximum Gasteiger partial charge on any atom is 0.225 e. The topological polar surface area (TPSA) is 73.1 Å². The Hall–Kier alpha value is -2.12. The Kier molecular flexibility index (Phi) is 4.72. The van der Waals surface area contributed by atoms with Crippen LogP contribution in [-0.2, 0) is 11.2 Å². The maximum atomic E-state index is 11.5. The maximum absolute atomic E-state index is 11.5. The van der Waals surface area contributed by atoms with Gasteiger partial charge < -0.3 is 20.2 Å². The summed E-state index contributed by atoms with van der Waals surface area (Å²) in [5.74, 6) is 1.54. The van der Waals surface area contributed by atoms with Crippen molar-refractivity contribution in [1.82, 2.24) is 19.8 Å². The first-order chi connectivity index (χ1) is 13.7. The molecule has 2 unspecified atom stereocenters. The highest BCUT2D eigenvalue weighted by molar-refractivity contribution is 5.81. The van der Waals surface area contributed by atoms with E-state index in [1.54, 1.807) is 6.20 Å². The Morgan fingerprint density at radius 2 is 2.11 bits per heavy atom. The number of nitrogens with zero attached hydrogens (tertiary/aromatic N) is 4. The molecule has 2 aromatic rings. The van der Waals surface area contributed by atoms with Gasteiger partial charge in [-0.1, -0.05) is 6.42 Å². The summed E-state index contributed by atoms with van der Waals surface area (Å²) < 4.78 is 1.85. The predicted molar refractivity (Wildman–Crippen MR) is 107 cm³/mol. The van der Waals surface area contributed by atoms with Gasteiger partial charge in [-0.05, 0) is 61.8 Å². The van der Waals surface area contributed by atoms with Crippen molar-refractivity contribution in [3.63, 3.8) is 0 Å². The number of carbonyl (C=O) groups excluding carboxylic acids is 1. The second-order valence-corrected chi connectivity index (χ2v) is 8.69. The molecule has 150 valence electrons. The van der Waals surface area contributed by atoms with Crippen molar-refractivity contribution in [1.29, 1.82) is 0 Å². The number of amides is 1. The van der Waals surface area contributed by atoms with Gasteiger partial charge in [-0.25, -0.2) is 4.52 Å². The Morgan fingerprint density at radius 1 is 1.21 bits per heavy atom. The molecule has 1 amide bonds. The van der Waals surface area contributed by atoms with Crippen LogP contribution in [0.1, 0.15) is 37.7 Å². The average Bonchev–Trinajstić information content (AvgIpc) is 3.25. The summed E-state index contributed by atoms with van der Waals surface area (Å²) in [7, 11) is 0. The monoisotopic (exact) mass is 383 g/mol. The smallest absolute Gasteiger partial charge is 0.225 e. The summed E-state index contributed by atoms with van der Waals surface area (Å²) in [6.07, 6.45) is 9.79. The van der Waals surface area contributed by atoms with Crippen molar-refractivity contribution in [3.05, 3.63) is 30.1 Å². The Labute approximate surface area is 165 Å². The minimum Gasteiger partial charge on any atom is -0.356 e. The lowest BCUT2D eigenvalue weighted by atomic mass is 9.85. The van der Waals surface area contributed by atoms with E-state index in [4.69, 9.17) is 0 Å². The third-order valence-electron chi connectivity index (χ3n) is 6.68. The van der Waals surface area contributed by atoms with Crippen molar-refractivity contribution in [3.8, 4) is 0 Å². The predicted octanol–water partition coefficient (Wildman–Crippen LogP) is 1.60. The summed E-state index contributed by atoms with van der Waals surface area (Å²) in [6, 6.07) is 4.35. The molecule has 2 aromatic heterocycles. The van der Waals surface area contributed by atoms with Gasteiger partial charge in [0.2, 0.25) is 12.3 Å². The van der Waals surface area contributed by atoms with Crippen molar-refractivity contribution in [2.75, 3.05) is 31.1 Å². The van der Waals surface area contributed by atoms with E-state index < -0.39 is 6.35 Å². The minimum atomic E-state index is -0.993. The van der Waals surface area contributed by atoms with Gasteiger partial charge in [0.15, 0.2) is 0 Å². The summed E-state index contributed by atoms with van der Waals surface area (Å²) >= 11 is 0. The molecule has 3 aliphatic rings. The van der Waals surface area contributed by atoms with Gasteiger partial charge in [0.1, 0.15) is 0 Å². The second-order valence-electron chi connectivity index (χ2n) is 8.69. The highest BCUT2D eigenvalue weighted by Gasteiger charge is 2.28. The lowest BCUT2D eigenvalue weighted by Crippen LogP contribution is -2.54. The number of aliphatic hydroxyl groups excluding tert-OH is 1. The zero-order valence-corrected chi connectivity index (χ0v) is 16.3. The normalized spacial score (nSPS) is 26.6. The Bertz CT molecular complexity index is 862. The third kappa shape index (κ3) is 3.49. The lowest BCUT2D eigenvalue weighted by Gasteiger charge is -2.33. The SMILES string of the molecule is O=C1CCN(c2cnn3ccc(CC4CCN(CC5CCC5)C4)cc23)C(O)N1. The summed E-state index contributed by atoms with van der Waals surface area (Å²) in [5.41, 5.74) is 3.17. The van der Waals surface area contributed by atoms with E-state index in [-0.39, 0.29) is 5.91 Å². The fourth-order valence-corrected chi connectivity index (χ4v) is 4.87. The fourth-order valence-electron chi connectivity index (χ4n) is 4.87. The first-order valence-corrected chi connectivity index (χ1v) is 10.6. The number of rotatable bonds is 5. The molecule has 0 spiro atoms. The number of hydrogen-bond acceptors (Lipinski definition) is 5. The number of aliphatic hydroxyl groups is 1. The molecule has 0 radical (unpaired) electrons. The van der Waals surface area contributed by atoms with Crippen LogP contribution in [0.4, 0.5) is 5.69 Å². The van der Waals surface area contributed by atoms with Crippen LogP contribution in [0.3, 0.4) is 0 Å². The first-order valence-electron chi connectivity index (χ1n) is 10.6. The molecule has 2 N–H and O–H groups in total. The molecule has 28 heavy (non-hydrogen) atoms. The van der Waals surface area contributed by atoms with Crippen LogP contribution in [0.15, 0.2) is 24.5 Å². The van der Waals surface area contributed by atoms with E-state index in [0.29, 0.717) is 18.9 Å². The van der Waals surface area contributed by atoms with Crippen LogP contribution in [0.5, 0.6) is 0 Å². The third-order valence-corrected chi connectivity index (χ3v) is 6.68. The van der Waals surface area contributed by atoms with Crippen LogP contribution >= 0.6 is 0 Å². The van der Waals surface area contributed by atoms with E-state index in [2.05, 4.69) is 27.4 Å². The molecule has 4 heterocycles. The summed E-state index contributed by atoms with van der Waals surface area (Å²) in [4.78, 5) is 16.0. The largest absolute Gasteiger partial charge is 0.356 e. The van der Waals surface area contributed by atoms with Crippen LogP contribution in [0.25, 0.3) is 5.52 Å². The Morgan fingerprint density at radius 3 is 2.89 bits per heavy atom. The molecule has 2 saturated heterocycles. The Balaban J connectivity index is 1.29. The fraction of sp³-hybridized carbons (Fsp3) is 0.619. The molecule has 1 aliphatic carbocycles. The van der Waals surface area contributed by atoms with Gasteiger partial charge in [0, 0.05) is 32.3 Å². The molecule has 0 aromatic carbocycles. The van der Waals surface area contributed by atoms with E-state index in [0.717, 1.165) is 23.5 Å². The van der Waals surface area contributed by atoms with E-state index >= 15 is 0 Å². The molecule has 2 atom stereocenters. The number of likely N-dealkylation sites (tertiary alicyclic amines) is 1. The molecule has 5 rings (SSSR count). The van der Waals surface area contributed by atoms with E-state index in [9.17, 15) is 9.90 Å². The zero-order chi connectivity index (χ0) is 19.1. The highest BCUT2D eigenvalue weighted by Crippen LogP contribution is 2.31. The van der Waals surface area contributed by atoms with Crippen LogP contribution in [0, 0.1) is 11.8 Å². The van der Waals surface area contributed by atoms with Crippen LogP contribution in [0.2, 0.25) is 0 Å². The highest BCUT2D eigenvalue weighted by atomic mass is 16.3. The second kappa shape index (κ2) is 7.37.